The molecule has 5 rings (SSSR count). The molecular weight excluding hydrogens is 346 g/mol. The first-order chi connectivity index (χ1) is 13.1. The van der Waals surface area contributed by atoms with Crippen molar-refractivity contribution in [2.75, 3.05) is 26.4 Å². The first-order valence-electron chi connectivity index (χ1n) is 9.31. The Kier molecular flexibility index (Phi) is 3.63. The quantitative estimate of drug-likeness (QED) is 0.852. The summed E-state index contributed by atoms with van der Waals surface area (Å²) in [6, 6.07) is 9.44. The standard InChI is InChI=1S/C20H21N3O4/c24-18(23-9-6-20(7-10-23)5-8-21-19(20)25)15-3-2-14(22-15)13-1-4-16-17(11-13)27-12-26-16/h1-4,11,22H,5-10,12H2,(H,21,25). The van der Waals surface area contributed by atoms with E-state index in [0.29, 0.717) is 24.5 Å². The van der Waals surface area contributed by atoms with Crippen molar-refractivity contribution in [3.63, 3.8) is 0 Å². The average Bonchev–Trinajstić information content (AvgIpc) is 3.42. The summed E-state index contributed by atoms with van der Waals surface area (Å²) in [6.07, 6.45) is 2.35. The highest BCUT2D eigenvalue weighted by Gasteiger charge is 2.45. The fourth-order valence-corrected chi connectivity index (χ4v) is 4.25. The first kappa shape index (κ1) is 16.2. The van der Waals surface area contributed by atoms with E-state index in [1.165, 1.54) is 0 Å². The minimum atomic E-state index is -0.260. The zero-order chi connectivity index (χ0) is 18.4. The Bertz CT molecular complexity index is 912. The molecule has 4 heterocycles. The number of amides is 2. The van der Waals surface area contributed by atoms with E-state index in [1.54, 1.807) is 0 Å². The number of aromatic nitrogens is 1. The smallest absolute Gasteiger partial charge is 0.270 e. The largest absolute Gasteiger partial charge is 0.454 e. The van der Waals surface area contributed by atoms with Crippen molar-refractivity contribution in [3.05, 3.63) is 36.0 Å². The van der Waals surface area contributed by atoms with Crippen LogP contribution in [0.2, 0.25) is 0 Å². The number of carbonyl (C=O) groups is 2. The number of carbonyl (C=O) groups excluding carboxylic acids is 2. The van der Waals surface area contributed by atoms with Crippen LogP contribution in [0.4, 0.5) is 0 Å². The topological polar surface area (TPSA) is 83.7 Å². The highest BCUT2D eigenvalue weighted by molar-refractivity contribution is 5.94. The molecule has 7 nitrogen and oxygen atoms in total. The van der Waals surface area contributed by atoms with Gasteiger partial charge >= 0.3 is 0 Å². The van der Waals surface area contributed by atoms with Crippen molar-refractivity contribution < 1.29 is 19.1 Å². The number of rotatable bonds is 2. The van der Waals surface area contributed by atoms with Crippen LogP contribution in [-0.4, -0.2) is 48.1 Å². The number of hydrogen-bond donors (Lipinski definition) is 2. The molecule has 0 unspecified atom stereocenters. The number of H-pyrrole nitrogens is 1. The fourth-order valence-electron chi connectivity index (χ4n) is 4.25. The van der Waals surface area contributed by atoms with Crippen LogP contribution >= 0.6 is 0 Å². The van der Waals surface area contributed by atoms with E-state index < -0.39 is 0 Å². The Hall–Kier alpha value is -2.96. The van der Waals surface area contributed by atoms with Crippen molar-refractivity contribution in [1.29, 1.82) is 0 Å². The molecule has 140 valence electrons. The highest BCUT2D eigenvalue weighted by Crippen LogP contribution is 2.38. The third kappa shape index (κ3) is 2.65. The van der Waals surface area contributed by atoms with Gasteiger partial charge in [0.1, 0.15) is 5.69 Å². The molecule has 27 heavy (non-hydrogen) atoms. The number of fused-ring (bicyclic) bond motifs is 1. The van der Waals surface area contributed by atoms with Crippen molar-refractivity contribution in [2.45, 2.75) is 19.3 Å². The molecule has 0 radical (unpaired) electrons. The van der Waals surface area contributed by atoms with Gasteiger partial charge in [-0.25, -0.2) is 0 Å². The van der Waals surface area contributed by atoms with Crippen molar-refractivity contribution in [2.24, 2.45) is 5.41 Å². The molecule has 3 aliphatic heterocycles. The maximum Gasteiger partial charge on any atom is 0.270 e. The lowest BCUT2D eigenvalue weighted by Gasteiger charge is -2.37. The number of benzene rings is 1. The van der Waals surface area contributed by atoms with Gasteiger partial charge in [0.05, 0.1) is 5.41 Å². The number of hydrogen-bond acceptors (Lipinski definition) is 4. The minimum Gasteiger partial charge on any atom is -0.454 e. The van der Waals surface area contributed by atoms with E-state index in [4.69, 9.17) is 9.47 Å². The molecular formula is C20H21N3O4. The summed E-state index contributed by atoms with van der Waals surface area (Å²) in [7, 11) is 0. The molecule has 2 aromatic rings. The molecule has 2 fully saturated rings. The lowest BCUT2D eigenvalue weighted by Crippen LogP contribution is -2.46. The van der Waals surface area contributed by atoms with Gasteiger partial charge in [-0.1, -0.05) is 0 Å². The first-order valence-corrected chi connectivity index (χ1v) is 9.31. The van der Waals surface area contributed by atoms with Gasteiger partial charge < -0.3 is 24.7 Å². The lowest BCUT2D eigenvalue weighted by molar-refractivity contribution is -0.129. The zero-order valence-corrected chi connectivity index (χ0v) is 14.9. The Morgan fingerprint density at radius 1 is 1.04 bits per heavy atom. The van der Waals surface area contributed by atoms with Crippen molar-refractivity contribution >= 4 is 11.8 Å². The van der Waals surface area contributed by atoms with Gasteiger partial charge in [0, 0.05) is 30.9 Å². The molecule has 1 spiro atoms. The Labute approximate surface area is 156 Å². The predicted octanol–water partition coefficient (Wildman–Crippen LogP) is 2.15. The predicted molar refractivity (Wildman–Crippen MR) is 97.5 cm³/mol. The Morgan fingerprint density at radius 2 is 1.85 bits per heavy atom. The van der Waals surface area contributed by atoms with Crippen LogP contribution in [0.5, 0.6) is 11.5 Å². The van der Waals surface area contributed by atoms with Gasteiger partial charge in [0.2, 0.25) is 12.7 Å². The summed E-state index contributed by atoms with van der Waals surface area (Å²) in [5, 5.41) is 2.93. The van der Waals surface area contributed by atoms with Gasteiger partial charge in [-0.05, 0) is 49.6 Å². The fraction of sp³-hybridized carbons (Fsp3) is 0.400. The summed E-state index contributed by atoms with van der Waals surface area (Å²) in [6.45, 7) is 2.22. The van der Waals surface area contributed by atoms with E-state index in [0.717, 1.165) is 42.8 Å². The molecule has 2 saturated heterocycles. The Balaban J connectivity index is 1.30. The van der Waals surface area contributed by atoms with Crippen molar-refractivity contribution in [3.8, 4) is 22.8 Å². The van der Waals surface area contributed by atoms with Crippen LogP contribution in [0.25, 0.3) is 11.3 Å². The van der Waals surface area contributed by atoms with Crippen LogP contribution in [0.15, 0.2) is 30.3 Å². The van der Waals surface area contributed by atoms with E-state index >= 15 is 0 Å². The lowest BCUT2D eigenvalue weighted by atomic mass is 9.77. The molecule has 0 bridgehead atoms. The number of likely N-dealkylation sites (tertiary alicyclic amines) is 1. The van der Waals surface area contributed by atoms with Crippen LogP contribution in [0.3, 0.4) is 0 Å². The number of nitrogens with one attached hydrogen (secondary N) is 2. The van der Waals surface area contributed by atoms with Gasteiger partial charge in [0.25, 0.3) is 5.91 Å². The molecule has 3 aliphatic rings. The van der Waals surface area contributed by atoms with Crippen LogP contribution in [0, 0.1) is 5.41 Å². The van der Waals surface area contributed by atoms with E-state index in [1.807, 2.05) is 35.2 Å². The average molecular weight is 367 g/mol. The second kappa shape index (κ2) is 6.04. The SMILES string of the molecule is O=C(c1ccc(-c2ccc3c(c2)OCO3)[nH]1)N1CCC2(CCNC2=O)CC1. The number of aromatic amines is 1. The number of nitrogens with zero attached hydrogens (tertiary/aromatic N) is 1. The van der Waals surface area contributed by atoms with Crippen LogP contribution in [0.1, 0.15) is 29.8 Å². The zero-order valence-electron chi connectivity index (χ0n) is 14.9. The maximum absolute atomic E-state index is 12.9. The third-order valence-corrected chi connectivity index (χ3v) is 5.98. The van der Waals surface area contributed by atoms with Gasteiger partial charge in [-0.3, -0.25) is 9.59 Å². The normalized spacial score (nSPS) is 20.1. The molecule has 0 saturated carbocycles. The van der Waals surface area contributed by atoms with Gasteiger partial charge in [0.15, 0.2) is 11.5 Å². The van der Waals surface area contributed by atoms with E-state index in [9.17, 15) is 9.59 Å². The second-order valence-corrected chi connectivity index (χ2v) is 7.43. The van der Waals surface area contributed by atoms with Crippen molar-refractivity contribution in [1.82, 2.24) is 15.2 Å². The molecule has 7 heteroatoms. The summed E-state index contributed by atoms with van der Waals surface area (Å²) in [5.41, 5.74) is 2.11. The van der Waals surface area contributed by atoms with Crippen LogP contribution < -0.4 is 14.8 Å². The van der Waals surface area contributed by atoms with Crippen LogP contribution in [-0.2, 0) is 4.79 Å². The molecule has 1 aromatic carbocycles. The number of ether oxygens (including phenoxy) is 2. The molecule has 2 N–H and O–H groups in total. The Morgan fingerprint density at radius 3 is 2.63 bits per heavy atom. The summed E-state index contributed by atoms with van der Waals surface area (Å²) >= 11 is 0. The highest BCUT2D eigenvalue weighted by atomic mass is 16.7. The molecule has 0 aliphatic carbocycles. The monoisotopic (exact) mass is 367 g/mol. The second-order valence-electron chi connectivity index (χ2n) is 7.43. The molecule has 0 atom stereocenters. The van der Waals surface area contributed by atoms with Gasteiger partial charge in [-0.15, -0.1) is 0 Å². The molecule has 2 amide bonds. The molecule has 1 aromatic heterocycles. The summed E-state index contributed by atoms with van der Waals surface area (Å²) in [4.78, 5) is 30.0. The number of piperidine rings is 1. The van der Waals surface area contributed by atoms with E-state index in [2.05, 4.69) is 10.3 Å². The third-order valence-electron chi connectivity index (χ3n) is 5.98. The maximum atomic E-state index is 12.9. The summed E-state index contributed by atoms with van der Waals surface area (Å²) in [5.74, 6) is 1.58. The van der Waals surface area contributed by atoms with E-state index in [-0.39, 0.29) is 24.0 Å². The van der Waals surface area contributed by atoms with Gasteiger partial charge in [-0.2, -0.15) is 0 Å². The minimum absolute atomic E-state index is 0.0183. The summed E-state index contributed by atoms with van der Waals surface area (Å²) < 4.78 is 10.8.